The molecule has 2 heterocycles. The molecule has 0 amide bonds. The predicted molar refractivity (Wildman–Crippen MR) is 81.5 cm³/mol. The molecule has 1 aliphatic heterocycles. The zero-order valence-electron chi connectivity index (χ0n) is 12.2. The van der Waals surface area contributed by atoms with Gasteiger partial charge in [0.05, 0.1) is 17.4 Å². The zero-order chi connectivity index (χ0) is 15.2. The fraction of sp³-hybridized carbons (Fsp3) is 0.500. The number of aromatic nitrogens is 2. The standard InChI is InChI=1S/C16H18N2O3S/c19-22(20)9-8-12(10-22)16-17-15(18-21-16)14-7-3-5-11-4-1-2-6-13(11)14/h1-2,4,6,12,14H,3,5,7-10H2/t12-,14+/m1/s1. The van der Waals surface area contributed by atoms with E-state index in [4.69, 9.17) is 4.52 Å². The summed E-state index contributed by atoms with van der Waals surface area (Å²) in [5, 5.41) is 4.15. The van der Waals surface area contributed by atoms with Crippen LogP contribution in [0.15, 0.2) is 28.8 Å². The van der Waals surface area contributed by atoms with Crippen LogP contribution < -0.4 is 0 Å². The Morgan fingerprint density at radius 1 is 1.18 bits per heavy atom. The number of aryl methyl sites for hydroxylation is 1. The number of hydrogen-bond donors (Lipinski definition) is 0. The van der Waals surface area contributed by atoms with Crippen LogP contribution in [0.3, 0.4) is 0 Å². The average molecular weight is 318 g/mol. The van der Waals surface area contributed by atoms with Crippen molar-refractivity contribution in [3.63, 3.8) is 0 Å². The van der Waals surface area contributed by atoms with E-state index < -0.39 is 9.84 Å². The first-order valence-electron chi connectivity index (χ1n) is 7.74. The summed E-state index contributed by atoms with van der Waals surface area (Å²) >= 11 is 0. The summed E-state index contributed by atoms with van der Waals surface area (Å²) in [6.45, 7) is 0. The van der Waals surface area contributed by atoms with Crippen molar-refractivity contribution in [2.24, 2.45) is 0 Å². The molecule has 0 bridgehead atoms. The minimum atomic E-state index is -2.94. The molecule has 0 unspecified atom stereocenters. The van der Waals surface area contributed by atoms with Gasteiger partial charge in [0, 0.05) is 5.92 Å². The maximum atomic E-state index is 11.6. The van der Waals surface area contributed by atoms with Crippen LogP contribution in [0, 0.1) is 0 Å². The molecule has 0 N–H and O–H groups in total. The second kappa shape index (κ2) is 5.19. The van der Waals surface area contributed by atoms with E-state index in [1.54, 1.807) is 0 Å². The normalized spacial score (nSPS) is 26.7. The molecule has 2 atom stereocenters. The zero-order valence-corrected chi connectivity index (χ0v) is 13.1. The molecule has 5 nitrogen and oxygen atoms in total. The average Bonchev–Trinajstić information content (AvgIpc) is 3.13. The van der Waals surface area contributed by atoms with E-state index in [1.165, 1.54) is 11.1 Å². The topological polar surface area (TPSA) is 73.1 Å². The van der Waals surface area contributed by atoms with Crippen LogP contribution in [0.1, 0.15) is 53.9 Å². The van der Waals surface area contributed by atoms with Gasteiger partial charge >= 0.3 is 0 Å². The fourth-order valence-corrected chi connectivity index (χ4v) is 5.30. The third-order valence-electron chi connectivity index (χ3n) is 4.72. The number of rotatable bonds is 2. The van der Waals surface area contributed by atoms with E-state index >= 15 is 0 Å². The van der Waals surface area contributed by atoms with E-state index in [0.29, 0.717) is 18.1 Å². The van der Waals surface area contributed by atoms with Crippen LogP contribution in [-0.4, -0.2) is 30.1 Å². The van der Waals surface area contributed by atoms with Crippen molar-refractivity contribution in [2.75, 3.05) is 11.5 Å². The highest BCUT2D eigenvalue weighted by Gasteiger charge is 2.34. The molecular weight excluding hydrogens is 300 g/mol. The maximum Gasteiger partial charge on any atom is 0.230 e. The summed E-state index contributed by atoms with van der Waals surface area (Å²) in [6, 6.07) is 8.40. The van der Waals surface area contributed by atoms with Crippen LogP contribution in [0.5, 0.6) is 0 Å². The number of fused-ring (bicyclic) bond motifs is 1. The van der Waals surface area contributed by atoms with Gasteiger partial charge in [0.25, 0.3) is 0 Å². The van der Waals surface area contributed by atoms with Gasteiger partial charge in [-0.15, -0.1) is 0 Å². The van der Waals surface area contributed by atoms with Crippen molar-refractivity contribution in [1.82, 2.24) is 10.1 Å². The molecule has 116 valence electrons. The Morgan fingerprint density at radius 2 is 2.05 bits per heavy atom. The highest BCUT2D eigenvalue weighted by molar-refractivity contribution is 7.91. The predicted octanol–water partition coefficient (Wildman–Crippen LogP) is 2.44. The van der Waals surface area contributed by atoms with E-state index in [9.17, 15) is 8.42 Å². The van der Waals surface area contributed by atoms with E-state index in [1.807, 2.05) is 6.07 Å². The van der Waals surface area contributed by atoms with Crippen molar-refractivity contribution in [2.45, 2.75) is 37.5 Å². The molecule has 1 fully saturated rings. The first kappa shape index (κ1) is 13.9. The van der Waals surface area contributed by atoms with Gasteiger partial charge in [-0.25, -0.2) is 8.42 Å². The van der Waals surface area contributed by atoms with Gasteiger partial charge in [0.2, 0.25) is 5.89 Å². The number of nitrogens with zero attached hydrogens (tertiary/aromatic N) is 2. The summed E-state index contributed by atoms with van der Waals surface area (Å²) in [5.74, 6) is 1.58. The highest BCUT2D eigenvalue weighted by atomic mass is 32.2. The number of sulfone groups is 1. The maximum absolute atomic E-state index is 11.6. The Hall–Kier alpha value is -1.69. The van der Waals surface area contributed by atoms with E-state index in [0.717, 1.165) is 19.3 Å². The van der Waals surface area contributed by atoms with Gasteiger partial charge < -0.3 is 4.52 Å². The summed E-state index contributed by atoms with van der Waals surface area (Å²) in [7, 11) is -2.94. The minimum absolute atomic E-state index is 0.134. The molecule has 22 heavy (non-hydrogen) atoms. The molecule has 2 aromatic rings. The summed E-state index contributed by atoms with van der Waals surface area (Å²) in [5.41, 5.74) is 2.63. The second-order valence-corrected chi connectivity index (χ2v) is 8.46. The Labute approximate surface area is 129 Å². The van der Waals surface area contributed by atoms with Crippen LogP contribution >= 0.6 is 0 Å². The molecular formula is C16H18N2O3S. The summed E-state index contributed by atoms with van der Waals surface area (Å²) in [6.07, 6.45) is 3.81. The van der Waals surface area contributed by atoms with E-state index in [2.05, 4.69) is 28.3 Å². The smallest absolute Gasteiger partial charge is 0.230 e. The van der Waals surface area contributed by atoms with E-state index in [-0.39, 0.29) is 23.3 Å². The molecule has 0 saturated carbocycles. The fourth-order valence-electron chi connectivity index (χ4n) is 3.57. The quantitative estimate of drug-likeness (QED) is 0.850. The highest BCUT2D eigenvalue weighted by Crippen LogP contribution is 2.36. The van der Waals surface area contributed by atoms with Crippen molar-refractivity contribution in [3.05, 3.63) is 47.1 Å². The first-order valence-corrected chi connectivity index (χ1v) is 9.56. The monoisotopic (exact) mass is 318 g/mol. The first-order chi connectivity index (χ1) is 10.6. The van der Waals surface area contributed by atoms with Gasteiger partial charge in [-0.2, -0.15) is 4.98 Å². The van der Waals surface area contributed by atoms with Gasteiger partial charge in [0.1, 0.15) is 0 Å². The van der Waals surface area contributed by atoms with Crippen LogP contribution in [-0.2, 0) is 16.3 Å². The van der Waals surface area contributed by atoms with Crippen molar-refractivity contribution >= 4 is 9.84 Å². The van der Waals surface area contributed by atoms with Crippen LogP contribution in [0.4, 0.5) is 0 Å². The molecule has 1 aliphatic carbocycles. The molecule has 0 radical (unpaired) electrons. The molecule has 1 saturated heterocycles. The number of benzene rings is 1. The van der Waals surface area contributed by atoms with Crippen molar-refractivity contribution in [3.8, 4) is 0 Å². The SMILES string of the molecule is O=S1(=O)CC[C@@H](c2nc([C@H]3CCCc4ccccc43)no2)C1. The number of hydrogen-bond acceptors (Lipinski definition) is 5. The van der Waals surface area contributed by atoms with Crippen molar-refractivity contribution in [1.29, 1.82) is 0 Å². The lowest BCUT2D eigenvalue weighted by Gasteiger charge is -2.22. The van der Waals surface area contributed by atoms with Gasteiger partial charge in [-0.05, 0) is 36.8 Å². The molecule has 2 aliphatic rings. The lowest BCUT2D eigenvalue weighted by atomic mass is 9.82. The lowest BCUT2D eigenvalue weighted by molar-refractivity contribution is 0.353. The molecule has 1 aromatic heterocycles. The Morgan fingerprint density at radius 3 is 2.86 bits per heavy atom. The van der Waals surface area contributed by atoms with Gasteiger partial charge in [-0.3, -0.25) is 0 Å². The second-order valence-electron chi connectivity index (χ2n) is 6.23. The van der Waals surface area contributed by atoms with Crippen LogP contribution in [0.2, 0.25) is 0 Å². The molecule has 4 rings (SSSR count). The van der Waals surface area contributed by atoms with Gasteiger partial charge in [-0.1, -0.05) is 29.4 Å². The van der Waals surface area contributed by atoms with Crippen molar-refractivity contribution < 1.29 is 12.9 Å². The lowest BCUT2D eigenvalue weighted by Crippen LogP contribution is -2.12. The van der Waals surface area contributed by atoms with Crippen LogP contribution in [0.25, 0.3) is 0 Å². The molecule has 0 spiro atoms. The molecule has 1 aromatic carbocycles. The Balaban J connectivity index is 1.63. The largest absolute Gasteiger partial charge is 0.339 e. The molecule has 6 heteroatoms. The minimum Gasteiger partial charge on any atom is -0.339 e. The summed E-state index contributed by atoms with van der Waals surface area (Å²) in [4.78, 5) is 4.54. The van der Waals surface area contributed by atoms with Gasteiger partial charge in [0.15, 0.2) is 15.7 Å². The Bertz CT molecular complexity index is 797. The third kappa shape index (κ3) is 2.45. The summed E-state index contributed by atoms with van der Waals surface area (Å²) < 4.78 is 28.6. The Kier molecular flexibility index (Phi) is 3.29. The third-order valence-corrected chi connectivity index (χ3v) is 6.49.